The number of hydrogen-bond donors (Lipinski definition) is 1. The molecule has 23 heavy (non-hydrogen) atoms. The summed E-state index contributed by atoms with van der Waals surface area (Å²) in [6, 6.07) is 7.53. The predicted octanol–water partition coefficient (Wildman–Crippen LogP) is 2.79. The van der Waals surface area contributed by atoms with Crippen LogP contribution in [0.1, 0.15) is 37.7 Å². The molecule has 1 N–H and O–H groups in total. The van der Waals surface area contributed by atoms with E-state index >= 15 is 0 Å². The average molecular weight is 335 g/mol. The van der Waals surface area contributed by atoms with Crippen molar-refractivity contribution in [2.24, 2.45) is 5.92 Å². The van der Waals surface area contributed by atoms with E-state index in [1.54, 1.807) is 12.1 Å². The second-order valence-electron chi connectivity index (χ2n) is 6.60. The van der Waals surface area contributed by atoms with E-state index in [2.05, 4.69) is 5.32 Å². The lowest BCUT2D eigenvalue weighted by Crippen LogP contribution is -2.49. The number of carbonyl (C=O) groups excluding carboxylic acids is 2. The highest BCUT2D eigenvalue weighted by Gasteiger charge is 2.31. The molecule has 2 amide bonds. The first-order valence-electron chi connectivity index (χ1n) is 8.44. The van der Waals surface area contributed by atoms with Gasteiger partial charge in [-0.15, -0.1) is 0 Å². The molecule has 0 atom stereocenters. The molecule has 1 aliphatic carbocycles. The standard InChI is InChI=1S/C18H23ClN2O2/c19-15-6-4-13(5-7-15)12-17(22)20-16-8-10-21(11-9-16)18(23)14-2-1-3-14/h4-7,14,16H,1-3,8-12H2,(H,20,22). The van der Waals surface area contributed by atoms with Gasteiger partial charge in [-0.25, -0.2) is 0 Å². The van der Waals surface area contributed by atoms with Crippen LogP contribution >= 0.6 is 11.6 Å². The second kappa shape index (κ2) is 7.35. The van der Waals surface area contributed by atoms with Gasteiger partial charge in [0.15, 0.2) is 0 Å². The maximum Gasteiger partial charge on any atom is 0.225 e. The maximum absolute atomic E-state index is 12.2. The first kappa shape index (κ1) is 16.3. The van der Waals surface area contributed by atoms with Gasteiger partial charge < -0.3 is 10.2 Å². The van der Waals surface area contributed by atoms with Crippen LogP contribution < -0.4 is 5.32 Å². The molecule has 0 spiro atoms. The Morgan fingerprint density at radius 3 is 2.30 bits per heavy atom. The van der Waals surface area contributed by atoms with E-state index in [1.165, 1.54) is 6.42 Å². The van der Waals surface area contributed by atoms with Gasteiger partial charge in [0.25, 0.3) is 0 Å². The van der Waals surface area contributed by atoms with Gasteiger partial charge in [0, 0.05) is 30.1 Å². The Hall–Kier alpha value is -1.55. The summed E-state index contributed by atoms with van der Waals surface area (Å²) in [6.45, 7) is 1.53. The lowest BCUT2D eigenvalue weighted by atomic mass is 9.84. The molecule has 1 saturated carbocycles. The van der Waals surface area contributed by atoms with Crippen LogP contribution in [0, 0.1) is 5.92 Å². The Bertz CT molecular complexity index is 561. The first-order valence-corrected chi connectivity index (χ1v) is 8.82. The van der Waals surface area contributed by atoms with Crippen molar-refractivity contribution in [2.75, 3.05) is 13.1 Å². The van der Waals surface area contributed by atoms with Crippen molar-refractivity contribution in [2.45, 2.75) is 44.6 Å². The molecular formula is C18H23ClN2O2. The predicted molar refractivity (Wildman–Crippen MR) is 90.2 cm³/mol. The Balaban J connectivity index is 1.42. The zero-order chi connectivity index (χ0) is 16.2. The summed E-state index contributed by atoms with van der Waals surface area (Å²) in [4.78, 5) is 26.3. The highest BCUT2D eigenvalue weighted by Crippen LogP contribution is 2.29. The zero-order valence-corrected chi connectivity index (χ0v) is 14.0. The Labute approximate surface area is 142 Å². The van der Waals surface area contributed by atoms with Crippen LogP contribution in [0.15, 0.2) is 24.3 Å². The molecule has 0 unspecified atom stereocenters. The largest absolute Gasteiger partial charge is 0.353 e. The number of benzene rings is 1. The van der Waals surface area contributed by atoms with E-state index in [9.17, 15) is 9.59 Å². The quantitative estimate of drug-likeness (QED) is 0.920. The van der Waals surface area contributed by atoms with Gasteiger partial charge in [-0.05, 0) is 43.4 Å². The fourth-order valence-electron chi connectivity index (χ4n) is 3.22. The number of carbonyl (C=O) groups is 2. The van der Waals surface area contributed by atoms with Gasteiger partial charge in [-0.3, -0.25) is 9.59 Å². The molecule has 1 aliphatic heterocycles. The number of piperidine rings is 1. The summed E-state index contributed by atoms with van der Waals surface area (Å²) in [6.07, 6.45) is 5.37. The number of nitrogens with one attached hydrogen (secondary N) is 1. The number of rotatable bonds is 4. The van der Waals surface area contributed by atoms with Crippen molar-refractivity contribution in [3.05, 3.63) is 34.9 Å². The van der Waals surface area contributed by atoms with E-state index in [0.29, 0.717) is 17.4 Å². The smallest absolute Gasteiger partial charge is 0.225 e. The number of amides is 2. The third-order valence-corrected chi connectivity index (χ3v) is 5.16. The SMILES string of the molecule is O=C(Cc1ccc(Cl)cc1)NC1CCN(C(=O)C2CCC2)CC1. The minimum absolute atomic E-state index is 0.0380. The Kier molecular flexibility index (Phi) is 5.21. The molecule has 5 heteroatoms. The summed E-state index contributed by atoms with van der Waals surface area (Å²) in [5, 5.41) is 3.77. The topological polar surface area (TPSA) is 49.4 Å². The molecule has 2 aliphatic rings. The van der Waals surface area contributed by atoms with Crippen LogP contribution in [-0.2, 0) is 16.0 Å². The van der Waals surface area contributed by atoms with Gasteiger partial charge in [0.1, 0.15) is 0 Å². The lowest BCUT2D eigenvalue weighted by Gasteiger charge is -2.36. The molecule has 1 saturated heterocycles. The van der Waals surface area contributed by atoms with Crippen LogP contribution in [0.4, 0.5) is 0 Å². The zero-order valence-electron chi connectivity index (χ0n) is 13.3. The van der Waals surface area contributed by atoms with Crippen molar-refractivity contribution >= 4 is 23.4 Å². The number of nitrogens with zero attached hydrogens (tertiary/aromatic N) is 1. The van der Waals surface area contributed by atoms with Crippen molar-refractivity contribution < 1.29 is 9.59 Å². The van der Waals surface area contributed by atoms with E-state index in [0.717, 1.165) is 44.3 Å². The monoisotopic (exact) mass is 334 g/mol. The third-order valence-electron chi connectivity index (χ3n) is 4.90. The van der Waals surface area contributed by atoms with Gasteiger partial charge in [-0.1, -0.05) is 30.2 Å². The highest BCUT2D eigenvalue weighted by atomic mass is 35.5. The van der Waals surface area contributed by atoms with E-state index < -0.39 is 0 Å². The molecule has 124 valence electrons. The number of halogens is 1. The number of hydrogen-bond acceptors (Lipinski definition) is 2. The normalized spacial score (nSPS) is 19.3. The average Bonchev–Trinajstić information content (AvgIpc) is 2.48. The van der Waals surface area contributed by atoms with Crippen molar-refractivity contribution in [3.8, 4) is 0 Å². The van der Waals surface area contributed by atoms with E-state index in [1.807, 2.05) is 17.0 Å². The minimum Gasteiger partial charge on any atom is -0.353 e. The van der Waals surface area contributed by atoms with Crippen molar-refractivity contribution in [3.63, 3.8) is 0 Å². The molecule has 4 nitrogen and oxygen atoms in total. The van der Waals surface area contributed by atoms with E-state index in [4.69, 9.17) is 11.6 Å². The van der Waals surface area contributed by atoms with Crippen LogP contribution in [0.5, 0.6) is 0 Å². The minimum atomic E-state index is 0.0380. The van der Waals surface area contributed by atoms with Crippen LogP contribution in [0.25, 0.3) is 0 Å². The molecule has 0 bridgehead atoms. The molecule has 1 aromatic carbocycles. The van der Waals surface area contributed by atoms with E-state index in [-0.39, 0.29) is 17.9 Å². The van der Waals surface area contributed by atoms with Crippen molar-refractivity contribution in [1.82, 2.24) is 10.2 Å². The maximum atomic E-state index is 12.2. The lowest BCUT2D eigenvalue weighted by molar-refractivity contribution is -0.139. The molecule has 1 heterocycles. The van der Waals surface area contributed by atoms with Crippen molar-refractivity contribution in [1.29, 1.82) is 0 Å². The molecular weight excluding hydrogens is 312 g/mol. The van der Waals surface area contributed by atoms with Crippen LogP contribution in [0.2, 0.25) is 5.02 Å². The second-order valence-corrected chi connectivity index (χ2v) is 7.03. The molecule has 0 radical (unpaired) electrons. The Morgan fingerprint density at radius 2 is 1.74 bits per heavy atom. The first-order chi connectivity index (χ1) is 11.1. The van der Waals surface area contributed by atoms with Crippen LogP contribution in [-0.4, -0.2) is 35.8 Å². The summed E-state index contributed by atoms with van der Waals surface area (Å²) < 4.78 is 0. The van der Waals surface area contributed by atoms with Crippen LogP contribution in [0.3, 0.4) is 0 Å². The summed E-state index contributed by atoms with van der Waals surface area (Å²) in [7, 11) is 0. The molecule has 0 aromatic heterocycles. The fourth-order valence-corrected chi connectivity index (χ4v) is 3.35. The third kappa shape index (κ3) is 4.25. The number of likely N-dealkylation sites (tertiary alicyclic amines) is 1. The highest BCUT2D eigenvalue weighted by molar-refractivity contribution is 6.30. The fraction of sp³-hybridized carbons (Fsp3) is 0.556. The summed E-state index contributed by atoms with van der Waals surface area (Å²) in [5.41, 5.74) is 0.962. The molecule has 3 rings (SSSR count). The summed E-state index contributed by atoms with van der Waals surface area (Å²) in [5.74, 6) is 0.629. The van der Waals surface area contributed by atoms with Gasteiger partial charge >= 0.3 is 0 Å². The molecule has 2 fully saturated rings. The van der Waals surface area contributed by atoms with Gasteiger partial charge in [-0.2, -0.15) is 0 Å². The van der Waals surface area contributed by atoms with Gasteiger partial charge in [0.2, 0.25) is 11.8 Å². The summed E-state index contributed by atoms with van der Waals surface area (Å²) >= 11 is 5.85. The Morgan fingerprint density at radius 1 is 1.09 bits per heavy atom. The van der Waals surface area contributed by atoms with Gasteiger partial charge in [0.05, 0.1) is 6.42 Å². The molecule has 1 aromatic rings.